The van der Waals surface area contributed by atoms with Gasteiger partial charge in [0.05, 0.1) is 32.6 Å². The van der Waals surface area contributed by atoms with Crippen LogP contribution in [-0.2, 0) is 11.2 Å². The third kappa shape index (κ3) is 5.00. The van der Waals surface area contributed by atoms with Crippen LogP contribution < -0.4 is 25.2 Å². The standard InChI is InChI=1S/C27H30N2O7/c1-16-18-8-7-17(33-2)13-22(18)36-27(32)19(16)9-10-25(30)28-21-15-24(35-4)23(34-3)14-20(21)26(31)29-11-5-6-12-29/h7-8,13-15H,5-6,9-12H2,1-4H3,(H,28,30). The van der Waals surface area contributed by atoms with E-state index in [1.54, 1.807) is 36.3 Å². The highest BCUT2D eigenvalue weighted by Crippen LogP contribution is 2.34. The summed E-state index contributed by atoms with van der Waals surface area (Å²) in [5.41, 5.74) is 1.80. The number of likely N-dealkylation sites (tertiary alicyclic amines) is 1. The van der Waals surface area contributed by atoms with Crippen LogP contribution in [0, 0.1) is 6.92 Å². The van der Waals surface area contributed by atoms with Gasteiger partial charge in [-0.15, -0.1) is 0 Å². The molecule has 0 aliphatic carbocycles. The van der Waals surface area contributed by atoms with Gasteiger partial charge < -0.3 is 28.8 Å². The van der Waals surface area contributed by atoms with E-state index in [2.05, 4.69) is 5.32 Å². The number of aryl methyl sites for hydroxylation is 1. The van der Waals surface area contributed by atoms with Crippen LogP contribution in [0.25, 0.3) is 11.0 Å². The molecule has 1 aliphatic rings. The van der Waals surface area contributed by atoms with E-state index in [1.165, 1.54) is 14.2 Å². The largest absolute Gasteiger partial charge is 0.497 e. The normalized spacial score (nSPS) is 13.1. The monoisotopic (exact) mass is 494 g/mol. The van der Waals surface area contributed by atoms with E-state index in [-0.39, 0.29) is 24.7 Å². The Balaban J connectivity index is 1.57. The molecule has 36 heavy (non-hydrogen) atoms. The minimum absolute atomic E-state index is 0.0267. The molecule has 0 atom stereocenters. The molecule has 1 saturated heterocycles. The van der Waals surface area contributed by atoms with Crippen LogP contribution >= 0.6 is 0 Å². The highest BCUT2D eigenvalue weighted by molar-refractivity contribution is 6.04. The Bertz CT molecular complexity index is 1360. The lowest BCUT2D eigenvalue weighted by Crippen LogP contribution is -2.29. The Labute approximate surface area is 208 Å². The number of carbonyl (C=O) groups excluding carboxylic acids is 2. The number of amides is 2. The maximum absolute atomic E-state index is 13.2. The summed E-state index contributed by atoms with van der Waals surface area (Å²) in [5.74, 6) is 0.870. The Hall–Kier alpha value is -4.01. The van der Waals surface area contributed by atoms with E-state index in [0.29, 0.717) is 52.7 Å². The molecule has 4 rings (SSSR count). The van der Waals surface area contributed by atoms with Crippen LogP contribution in [0.4, 0.5) is 5.69 Å². The molecular formula is C27H30N2O7. The summed E-state index contributed by atoms with van der Waals surface area (Å²) in [7, 11) is 4.53. The zero-order chi connectivity index (χ0) is 25.8. The SMILES string of the molecule is COc1ccc2c(C)c(CCC(=O)Nc3cc(OC)c(OC)cc3C(=O)N3CCCC3)c(=O)oc2c1. The number of hydrogen-bond acceptors (Lipinski definition) is 7. The van der Waals surface area contributed by atoms with Gasteiger partial charge in [0.1, 0.15) is 11.3 Å². The Morgan fingerprint density at radius 3 is 2.36 bits per heavy atom. The first kappa shape index (κ1) is 25.1. The molecule has 190 valence electrons. The summed E-state index contributed by atoms with van der Waals surface area (Å²) in [6, 6.07) is 8.46. The predicted octanol–water partition coefficient (Wildman–Crippen LogP) is 3.93. The summed E-state index contributed by atoms with van der Waals surface area (Å²) >= 11 is 0. The second-order valence-electron chi connectivity index (χ2n) is 8.66. The van der Waals surface area contributed by atoms with E-state index in [0.717, 1.165) is 23.8 Å². The maximum atomic E-state index is 13.2. The zero-order valence-electron chi connectivity index (χ0n) is 20.9. The smallest absolute Gasteiger partial charge is 0.339 e. The predicted molar refractivity (Wildman–Crippen MR) is 135 cm³/mol. The van der Waals surface area contributed by atoms with Crippen molar-refractivity contribution in [1.29, 1.82) is 0 Å². The van der Waals surface area contributed by atoms with Gasteiger partial charge in [-0.1, -0.05) is 0 Å². The number of carbonyl (C=O) groups is 2. The number of methoxy groups -OCH3 is 3. The van der Waals surface area contributed by atoms with Gasteiger partial charge in [0, 0.05) is 42.6 Å². The van der Waals surface area contributed by atoms with E-state index in [9.17, 15) is 14.4 Å². The van der Waals surface area contributed by atoms with Crippen molar-refractivity contribution in [3.8, 4) is 17.2 Å². The molecular weight excluding hydrogens is 464 g/mol. The number of nitrogens with one attached hydrogen (secondary N) is 1. The van der Waals surface area contributed by atoms with Gasteiger partial charge >= 0.3 is 5.63 Å². The fraction of sp³-hybridized carbons (Fsp3) is 0.370. The lowest BCUT2D eigenvalue weighted by molar-refractivity contribution is -0.116. The third-order valence-corrected chi connectivity index (χ3v) is 6.52. The molecule has 0 spiro atoms. The number of nitrogens with zero attached hydrogens (tertiary/aromatic N) is 1. The number of hydrogen-bond donors (Lipinski definition) is 1. The number of ether oxygens (including phenoxy) is 3. The van der Waals surface area contributed by atoms with Crippen molar-refractivity contribution < 1.29 is 28.2 Å². The van der Waals surface area contributed by atoms with Crippen LogP contribution in [0.2, 0.25) is 0 Å². The van der Waals surface area contributed by atoms with Crippen molar-refractivity contribution in [2.45, 2.75) is 32.6 Å². The van der Waals surface area contributed by atoms with Crippen LogP contribution in [0.15, 0.2) is 39.5 Å². The average Bonchev–Trinajstić information content (AvgIpc) is 3.42. The molecule has 2 aromatic carbocycles. The summed E-state index contributed by atoms with van der Waals surface area (Å²) in [5, 5.41) is 3.61. The van der Waals surface area contributed by atoms with Gasteiger partial charge in [-0.05, 0) is 49.9 Å². The lowest BCUT2D eigenvalue weighted by Gasteiger charge is -2.20. The minimum atomic E-state index is -0.489. The molecule has 9 nitrogen and oxygen atoms in total. The quantitative estimate of drug-likeness (QED) is 0.473. The molecule has 1 aromatic heterocycles. The summed E-state index contributed by atoms with van der Waals surface area (Å²) in [6.45, 7) is 3.17. The summed E-state index contributed by atoms with van der Waals surface area (Å²) in [4.78, 5) is 40.5. The first-order valence-corrected chi connectivity index (χ1v) is 11.8. The fourth-order valence-electron chi connectivity index (χ4n) is 4.49. The van der Waals surface area contributed by atoms with Crippen molar-refractivity contribution in [3.63, 3.8) is 0 Å². The van der Waals surface area contributed by atoms with Gasteiger partial charge in [-0.2, -0.15) is 0 Å². The summed E-state index contributed by atoms with van der Waals surface area (Å²) < 4.78 is 21.4. The van der Waals surface area contributed by atoms with Crippen LogP contribution in [0.1, 0.15) is 40.7 Å². The second kappa shape index (κ2) is 10.7. The van der Waals surface area contributed by atoms with Crippen molar-refractivity contribution in [2.75, 3.05) is 39.7 Å². The minimum Gasteiger partial charge on any atom is -0.497 e. The molecule has 2 amide bonds. The molecule has 0 unspecified atom stereocenters. The molecule has 9 heteroatoms. The van der Waals surface area contributed by atoms with E-state index in [4.69, 9.17) is 18.6 Å². The van der Waals surface area contributed by atoms with Gasteiger partial charge in [0.15, 0.2) is 11.5 Å². The molecule has 3 aromatic rings. The molecule has 2 heterocycles. The second-order valence-corrected chi connectivity index (χ2v) is 8.66. The Kier molecular flexibility index (Phi) is 7.47. The van der Waals surface area contributed by atoms with Crippen LogP contribution in [0.3, 0.4) is 0 Å². The van der Waals surface area contributed by atoms with E-state index in [1.807, 2.05) is 13.0 Å². The van der Waals surface area contributed by atoms with Crippen LogP contribution in [-0.4, -0.2) is 51.1 Å². The molecule has 0 saturated carbocycles. The molecule has 0 bridgehead atoms. The highest BCUT2D eigenvalue weighted by atomic mass is 16.5. The topological polar surface area (TPSA) is 107 Å². The highest BCUT2D eigenvalue weighted by Gasteiger charge is 2.25. The fourth-order valence-corrected chi connectivity index (χ4v) is 4.49. The third-order valence-electron chi connectivity index (χ3n) is 6.52. The average molecular weight is 495 g/mol. The van der Waals surface area contributed by atoms with Gasteiger partial charge in [-0.3, -0.25) is 9.59 Å². The molecule has 0 radical (unpaired) electrons. The van der Waals surface area contributed by atoms with Crippen molar-refractivity contribution in [2.24, 2.45) is 0 Å². The number of benzene rings is 2. The number of rotatable bonds is 8. The van der Waals surface area contributed by atoms with Crippen molar-refractivity contribution in [1.82, 2.24) is 4.90 Å². The van der Waals surface area contributed by atoms with Crippen molar-refractivity contribution >= 4 is 28.5 Å². The Morgan fingerprint density at radius 2 is 1.69 bits per heavy atom. The first-order chi connectivity index (χ1) is 17.4. The first-order valence-electron chi connectivity index (χ1n) is 11.8. The maximum Gasteiger partial charge on any atom is 0.339 e. The number of anilines is 1. The molecule has 1 fully saturated rings. The van der Waals surface area contributed by atoms with Gasteiger partial charge in [-0.25, -0.2) is 4.79 Å². The van der Waals surface area contributed by atoms with E-state index >= 15 is 0 Å². The van der Waals surface area contributed by atoms with Gasteiger partial charge in [0.25, 0.3) is 5.91 Å². The van der Waals surface area contributed by atoms with E-state index < -0.39 is 5.63 Å². The molecule has 1 aliphatic heterocycles. The number of fused-ring (bicyclic) bond motifs is 1. The lowest BCUT2D eigenvalue weighted by atomic mass is 10.0. The van der Waals surface area contributed by atoms with Gasteiger partial charge in [0.2, 0.25) is 5.91 Å². The molecule has 1 N–H and O–H groups in total. The van der Waals surface area contributed by atoms with Crippen LogP contribution in [0.5, 0.6) is 17.2 Å². The summed E-state index contributed by atoms with van der Waals surface area (Å²) in [6.07, 6.45) is 2.10. The van der Waals surface area contributed by atoms with Crippen molar-refractivity contribution in [3.05, 3.63) is 57.4 Å². The Morgan fingerprint density at radius 1 is 1.00 bits per heavy atom. The zero-order valence-corrected chi connectivity index (χ0v) is 20.9.